The number of rotatable bonds is 3. The Bertz CT molecular complexity index is 329. The third kappa shape index (κ3) is 2.02. The van der Waals surface area contributed by atoms with Gasteiger partial charge in [0.05, 0.1) is 0 Å². The minimum Gasteiger partial charge on any atom is -0.330 e. The lowest BCUT2D eigenvalue weighted by atomic mass is 9.71. The molecule has 2 unspecified atom stereocenters. The van der Waals surface area contributed by atoms with Crippen molar-refractivity contribution in [1.82, 2.24) is 0 Å². The van der Waals surface area contributed by atoms with Crippen LogP contribution in [0.2, 0.25) is 0 Å². The molecule has 0 saturated heterocycles. The maximum Gasteiger partial charge on any atom is 0.129 e. The van der Waals surface area contributed by atoms with Gasteiger partial charge in [0.2, 0.25) is 0 Å². The largest absolute Gasteiger partial charge is 0.330 e. The fraction of sp³-hybridized carbons (Fsp3) is 0.500. The summed E-state index contributed by atoms with van der Waals surface area (Å²) < 4.78 is 26.7. The van der Waals surface area contributed by atoms with E-state index >= 15 is 0 Å². The van der Waals surface area contributed by atoms with Gasteiger partial charge >= 0.3 is 0 Å². The summed E-state index contributed by atoms with van der Waals surface area (Å²) in [5.74, 6) is -0.0549. The van der Waals surface area contributed by atoms with Gasteiger partial charge in [0.25, 0.3) is 0 Å². The summed E-state index contributed by atoms with van der Waals surface area (Å²) in [6.45, 7) is 0.626. The first-order chi connectivity index (χ1) is 7.22. The van der Waals surface area contributed by atoms with Gasteiger partial charge in [-0.15, -0.1) is 0 Å². The summed E-state index contributed by atoms with van der Waals surface area (Å²) in [5, 5.41) is 0. The van der Waals surface area contributed by atoms with Crippen molar-refractivity contribution in [3.05, 3.63) is 35.4 Å². The molecule has 0 heterocycles. The summed E-state index contributed by atoms with van der Waals surface area (Å²) in [5.41, 5.74) is 5.79. The molecule has 1 saturated carbocycles. The van der Waals surface area contributed by atoms with Crippen LogP contribution in [-0.2, 0) is 6.42 Å². The van der Waals surface area contributed by atoms with Crippen LogP contribution in [0.25, 0.3) is 0 Å². The summed E-state index contributed by atoms with van der Waals surface area (Å²) in [6.07, 6.45) is 2.62. The van der Waals surface area contributed by atoms with Crippen molar-refractivity contribution in [3.8, 4) is 0 Å². The maximum atomic E-state index is 13.3. The van der Waals surface area contributed by atoms with Crippen molar-refractivity contribution in [1.29, 1.82) is 0 Å². The predicted octanol–water partition coefficient (Wildman–Crippen LogP) is 2.49. The Labute approximate surface area is 88.3 Å². The zero-order valence-electron chi connectivity index (χ0n) is 8.55. The van der Waals surface area contributed by atoms with E-state index in [1.807, 2.05) is 0 Å². The molecule has 1 aliphatic rings. The Balaban J connectivity index is 2.10. The van der Waals surface area contributed by atoms with E-state index in [1.54, 1.807) is 0 Å². The van der Waals surface area contributed by atoms with Crippen molar-refractivity contribution in [2.75, 3.05) is 6.54 Å². The van der Waals surface area contributed by atoms with Gasteiger partial charge in [-0.3, -0.25) is 0 Å². The lowest BCUT2D eigenvalue weighted by Crippen LogP contribution is -2.34. The molecule has 1 aromatic carbocycles. The highest BCUT2D eigenvalue weighted by Crippen LogP contribution is 2.36. The minimum absolute atomic E-state index is 0.223. The smallest absolute Gasteiger partial charge is 0.129 e. The summed E-state index contributed by atoms with van der Waals surface area (Å²) in [6, 6.07) is 4.03. The van der Waals surface area contributed by atoms with Crippen molar-refractivity contribution in [2.45, 2.75) is 19.3 Å². The first-order valence-corrected chi connectivity index (χ1v) is 5.35. The molecule has 0 spiro atoms. The SMILES string of the molecule is NCC1CCC1Cc1c(F)cccc1F. The van der Waals surface area contributed by atoms with Crippen LogP contribution in [0.5, 0.6) is 0 Å². The highest BCUT2D eigenvalue weighted by atomic mass is 19.1. The normalized spacial score (nSPS) is 25.0. The molecule has 82 valence electrons. The first-order valence-electron chi connectivity index (χ1n) is 5.35. The molecule has 0 bridgehead atoms. The van der Waals surface area contributed by atoms with E-state index in [9.17, 15) is 8.78 Å². The molecule has 2 rings (SSSR count). The van der Waals surface area contributed by atoms with Gasteiger partial charge in [0, 0.05) is 5.56 Å². The Kier molecular flexibility index (Phi) is 3.00. The van der Waals surface area contributed by atoms with Gasteiger partial charge in [-0.1, -0.05) is 6.07 Å². The van der Waals surface area contributed by atoms with Gasteiger partial charge in [0.1, 0.15) is 11.6 Å². The van der Waals surface area contributed by atoms with Gasteiger partial charge in [-0.25, -0.2) is 8.78 Å². The minimum atomic E-state index is -0.433. The van der Waals surface area contributed by atoms with E-state index in [1.165, 1.54) is 18.2 Å². The first kappa shape index (κ1) is 10.6. The second-order valence-electron chi connectivity index (χ2n) is 4.24. The summed E-state index contributed by atoms with van der Waals surface area (Å²) in [7, 11) is 0. The van der Waals surface area contributed by atoms with E-state index in [0.717, 1.165) is 12.8 Å². The number of hydrogen-bond acceptors (Lipinski definition) is 1. The molecule has 1 nitrogen and oxygen atoms in total. The van der Waals surface area contributed by atoms with E-state index in [-0.39, 0.29) is 5.56 Å². The maximum absolute atomic E-state index is 13.3. The zero-order chi connectivity index (χ0) is 10.8. The van der Waals surface area contributed by atoms with Crippen LogP contribution in [0, 0.1) is 23.5 Å². The fourth-order valence-electron chi connectivity index (χ4n) is 2.21. The quantitative estimate of drug-likeness (QED) is 0.816. The van der Waals surface area contributed by atoms with Crippen molar-refractivity contribution in [2.24, 2.45) is 17.6 Å². The molecular formula is C12H15F2N. The average Bonchev–Trinajstić information content (AvgIpc) is 2.16. The fourth-order valence-corrected chi connectivity index (χ4v) is 2.21. The number of benzene rings is 1. The number of hydrogen-bond donors (Lipinski definition) is 1. The molecule has 3 heteroatoms. The number of nitrogens with two attached hydrogens (primary N) is 1. The third-order valence-electron chi connectivity index (χ3n) is 3.41. The van der Waals surface area contributed by atoms with E-state index in [0.29, 0.717) is 24.8 Å². The topological polar surface area (TPSA) is 26.0 Å². The zero-order valence-corrected chi connectivity index (χ0v) is 8.55. The van der Waals surface area contributed by atoms with Crippen LogP contribution in [-0.4, -0.2) is 6.54 Å². The molecule has 1 fully saturated rings. The monoisotopic (exact) mass is 211 g/mol. The van der Waals surface area contributed by atoms with E-state index < -0.39 is 11.6 Å². The molecule has 0 radical (unpaired) electrons. The van der Waals surface area contributed by atoms with Gasteiger partial charge < -0.3 is 5.73 Å². The molecule has 1 aromatic rings. The Hall–Kier alpha value is -0.960. The van der Waals surface area contributed by atoms with Crippen LogP contribution in [0.4, 0.5) is 8.78 Å². The second-order valence-corrected chi connectivity index (χ2v) is 4.24. The Morgan fingerprint density at radius 2 is 1.73 bits per heavy atom. The van der Waals surface area contributed by atoms with Crippen LogP contribution in [0.1, 0.15) is 18.4 Å². The standard InChI is InChI=1S/C12H15F2N/c13-11-2-1-3-12(14)10(11)6-8-4-5-9(8)7-15/h1-3,8-9H,4-7,15H2. The van der Waals surface area contributed by atoms with Gasteiger partial charge in [0.15, 0.2) is 0 Å². The summed E-state index contributed by atoms with van der Waals surface area (Å²) >= 11 is 0. The van der Waals surface area contributed by atoms with Crippen molar-refractivity contribution in [3.63, 3.8) is 0 Å². The van der Waals surface area contributed by atoms with Gasteiger partial charge in [-0.05, 0) is 49.8 Å². The predicted molar refractivity (Wildman–Crippen MR) is 55.3 cm³/mol. The lowest BCUT2D eigenvalue weighted by Gasteiger charge is -2.36. The third-order valence-corrected chi connectivity index (χ3v) is 3.41. The van der Waals surface area contributed by atoms with E-state index in [4.69, 9.17) is 5.73 Å². The lowest BCUT2D eigenvalue weighted by molar-refractivity contribution is 0.180. The Morgan fingerprint density at radius 3 is 2.20 bits per heavy atom. The second kappa shape index (κ2) is 4.27. The highest BCUT2D eigenvalue weighted by molar-refractivity contribution is 5.20. The molecule has 0 aromatic heterocycles. The van der Waals surface area contributed by atoms with E-state index in [2.05, 4.69) is 0 Å². The molecule has 1 aliphatic carbocycles. The van der Waals surface area contributed by atoms with Crippen LogP contribution in [0.15, 0.2) is 18.2 Å². The Morgan fingerprint density at radius 1 is 1.13 bits per heavy atom. The molecule has 2 atom stereocenters. The highest BCUT2D eigenvalue weighted by Gasteiger charge is 2.30. The van der Waals surface area contributed by atoms with Crippen LogP contribution >= 0.6 is 0 Å². The molecule has 0 aliphatic heterocycles. The van der Waals surface area contributed by atoms with Gasteiger partial charge in [-0.2, -0.15) is 0 Å². The van der Waals surface area contributed by atoms with Crippen LogP contribution in [0.3, 0.4) is 0 Å². The molecule has 15 heavy (non-hydrogen) atoms. The number of halogens is 2. The van der Waals surface area contributed by atoms with Crippen molar-refractivity contribution >= 4 is 0 Å². The van der Waals surface area contributed by atoms with Crippen LogP contribution < -0.4 is 5.73 Å². The average molecular weight is 211 g/mol. The van der Waals surface area contributed by atoms with Crippen molar-refractivity contribution < 1.29 is 8.78 Å². The molecular weight excluding hydrogens is 196 g/mol. The molecule has 2 N–H and O–H groups in total. The molecule has 0 amide bonds. The summed E-state index contributed by atoms with van der Waals surface area (Å²) in [4.78, 5) is 0.